The molecule has 34 heavy (non-hydrogen) atoms. The van der Waals surface area contributed by atoms with Gasteiger partial charge in [-0.1, -0.05) is 41.0 Å². The topological polar surface area (TPSA) is 79.3 Å². The van der Waals surface area contributed by atoms with Crippen LogP contribution in [0.5, 0.6) is 0 Å². The van der Waals surface area contributed by atoms with Gasteiger partial charge in [0.2, 0.25) is 5.91 Å². The van der Waals surface area contributed by atoms with E-state index in [1.54, 1.807) is 0 Å². The number of hydrogen-bond acceptors (Lipinski definition) is 5. The second kappa shape index (κ2) is 12.3. The van der Waals surface area contributed by atoms with Crippen LogP contribution in [0, 0.1) is 17.8 Å². The van der Waals surface area contributed by atoms with Crippen LogP contribution in [-0.2, 0) is 29.5 Å². The molecule has 192 valence electrons. The summed E-state index contributed by atoms with van der Waals surface area (Å²) in [5.41, 5.74) is 1.28. The fourth-order valence-corrected chi connectivity index (χ4v) is 5.62. The number of nitrogens with zero attached hydrogens (tertiary/aromatic N) is 3. The van der Waals surface area contributed by atoms with Crippen LogP contribution in [0.2, 0.25) is 0 Å². The maximum absolute atomic E-state index is 13.9. The van der Waals surface area contributed by atoms with Gasteiger partial charge in [-0.2, -0.15) is 0 Å². The van der Waals surface area contributed by atoms with Crippen LogP contribution in [0.4, 0.5) is 0 Å². The van der Waals surface area contributed by atoms with Crippen LogP contribution in [0.1, 0.15) is 78.2 Å². The number of rotatable bonds is 11. The van der Waals surface area contributed by atoms with Crippen LogP contribution in [0.15, 0.2) is 6.20 Å². The largest absolute Gasteiger partial charge is 0.335 e. The van der Waals surface area contributed by atoms with Gasteiger partial charge in [-0.25, -0.2) is 4.98 Å². The van der Waals surface area contributed by atoms with Gasteiger partial charge < -0.3 is 20.1 Å². The molecule has 0 spiro atoms. The molecule has 1 aromatic heterocycles. The molecule has 1 amide bonds. The Morgan fingerprint density at radius 1 is 1.18 bits per heavy atom. The van der Waals surface area contributed by atoms with Crippen LogP contribution in [-0.4, -0.2) is 63.9 Å². The van der Waals surface area contributed by atoms with Gasteiger partial charge in [-0.15, -0.1) is 0 Å². The van der Waals surface area contributed by atoms with Crippen molar-refractivity contribution in [3.05, 3.63) is 17.7 Å². The Labute approximate surface area is 206 Å². The maximum atomic E-state index is 13.9. The normalized spacial score (nSPS) is 24.8. The average molecular weight is 474 g/mol. The molecule has 0 aromatic carbocycles. The van der Waals surface area contributed by atoms with Crippen molar-refractivity contribution in [1.82, 2.24) is 25.1 Å². The number of piperidine rings is 1. The number of aryl methyl sites for hydroxylation is 1. The van der Waals surface area contributed by atoms with Gasteiger partial charge >= 0.3 is 0 Å². The highest BCUT2D eigenvalue weighted by molar-refractivity contribution is 5.94. The molecule has 2 saturated heterocycles. The molecule has 2 fully saturated rings. The number of Topliss-reactive ketones (excluding diaryl/α,β-unsaturated/α-hetero) is 1. The highest BCUT2D eigenvalue weighted by Gasteiger charge is 2.40. The zero-order valence-corrected chi connectivity index (χ0v) is 22.3. The number of ketones is 1. The Balaban J connectivity index is 1.70. The Kier molecular flexibility index (Phi) is 9.72. The molecule has 3 unspecified atom stereocenters. The molecule has 3 rings (SSSR count). The maximum Gasteiger partial charge on any atom is 0.240 e. The molecule has 3 heterocycles. The quantitative estimate of drug-likeness (QED) is 0.516. The van der Waals surface area contributed by atoms with E-state index in [2.05, 4.69) is 61.9 Å². The number of amides is 1. The Morgan fingerprint density at radius 2 is 1.94 bits per heavy atom. The zero-order valence-electron chi connectivity index (χ0n) is 22.3. The van der Waals surface area contributed by atoms with Crippen molar-refractivity contribution in [2.75, 3.05) is 19.6 Å². The average Bonchev–Trinajstić information content (AvgIpc) is 3.12. The summed E-state index contributed by atoms with van der Waals surface area (Å²) in [6.45, 7) is 13.0. The van der Waals surface area contributed by atoms with Gasteiger partial charge in [-0.3, -0.25) is 9.59 Å². The molecule has 7 heteroatoms. The molecular formula is C27H47N5O2. The summed E-state index contributed by atoms with van der Waals surface area (Å²) in [4.78, 5) is 33.8. The number of aromatic nitrogens is 2. The van der Waals surface area contributed by atoms with Crippen molar-refractivity contribution < 1.29 is 9.59 Å². The Bertz CT molecular complexity index is 818. The van der Waals surface area contributed by atoms with Gasteiger partial charge in [0.1, 0.15) is 5.82 Å². The van der Waals surface area contributed by atoms with Gasteiger partial charge in [0, 0.05) is 38.4 Å². The molecule has 2 aliphatic heterocycles. The summed E-state index contributed by atoms with van der Waals surface area (Å²) in [6.07, 6.45) is 8.48. The van der Waals surface area contributed by atoms with E-state index in [0.717, 1.165) is 63.9 Å². The van der Waals surface area contributed by atoms with E-state index < -0.39 is 0 Å². The van der Waals surface area contributed by atoms with E-state index in [4.69, 9.17) is 0 Å². The molecular weight excluding hydrogens is 426 g/mol. The number of piperazine rings is 1. The van der Waals surface area contributed by atoms with Crippen LogP contribution < -0.4 is 10.6 Å². The molecule has 2 N–H and O–H groups in total. The fourth-order valence-electron chi connectivity index (χ4n) is 5.62. The van der Waals surface area contributed by atoms with Crippen LogP contribution in [0.3, 0.4) is 0 Å². The number of imidazole rings is 1. The van der Waals surface area contributed by atoms with E-state index in [-0.39, 0.29) is 29.8 Å². The summed E-state index contributed by atoms with van der Waals surface area (Å²) in [5, 5.41) is 6.88. The lowest BCUT2D eigenvalue weighted by atomic mass is 9.84. The van der Waals surface area contributed by atoms with E-state index in [1.807, 2.05) is 11.1 Å². The van der Waals surface area contributed by atoms with Crippen molar-refractivity contribution in [2.24, 2.45) is 24.8 Å². The lowest BCUT2D eigenvalue weighted by Gasteiger charge is -2.41. The third-order valence-electron chi connectivity index (χ3n) is 7.44. The van der Waals surface area contributed by atoms with Crippen molar-refractivity contribution >= 4 is 11.7 Å². The third-order valence-corrected chi connectivity index (χ3v) is 7.44. The summed E-state index contributed by atoms with van der Waals surface area (Å²) < 4.78 is 2.23. The Hall–Kier alpha value is -1.73. The second-order valence-corrected chi connectivity index (χ2v) is 11.3. The van der Waals surface area contributed by atoms with E-state index >= 15 is 0 Å². The molecule has 0 aliphatic carbocycles. The summed E-state index contributed by atoms with van der Waals surface area (Å²) in [7, 11) is 2.11. The monoisotopic (exact) mass is 473 g/mol. The van der Waals surface area contributed by atoms with Crippen molar-refractivity contribution in [3.8, 4) is 0 Å². The van der Waals surface area contributed by atoms with E-state index in [0.29, 0.717) is 24.3 Å². The summed E-state index contributed by atoms with van der Waals surface area (Å²) >= 11 is 0. The first-order chi connectivity index (χ1) is 16.2. The SMILES string of the molecule is CCCc1cnc(CC2CCNC(C(=O)C(CC(C)C)N3CCN[C@@H](CC(C)C)C3=O)C2)n1C. The third kappa shape index (κ3) is 6.69. The molecule has 4 atom stereocenters. The lowest BCUT2D eigenvalue weighted by molar-refractivity contribution is -0.145. The molecule has 0 saturated carbocycles. The van der Waals surface area contributed by atoms with Crippen molar-refractivity contribution in [2.45, 2.75) is 97.7 Å². The molecule has 7 nitrogen and oxygen atoms in total. The summed E-state index contributed by atoms with van der Waals surface area (Å²) in [6, 6.07) is -0.710. The number of carbonyl (C=O) groups excluding carboxylic acids is 2. The second-order valence-electron chi connectivity index (χ2n) is 11.3. The first kappa shape index (κ1) is 26.9. The zero-order chi connectivity index (χ0) is 24.8. The molecule has 0 radical (unpaired) electrons. The van der Waals surface area contributed by atoms with Gasteiger partial charge in [-0.05, 0) is 56.4 Å². The summed E-state index contributed by atoms with van der Waals surface area (Å²) in [5.74, 6) is 2.63. The minimum Gasteiger partial charge on any atom is -0.335 e. The van der Waals surface area contributed by atoms with E-state index in [9.17, 15) is 9.59 Å². The van der Waals surface area contributed by atoms with Crippen LogP contribution >= 0.6 is 0 Å². The predicted molar refractivity (Wildman–Crippen MR) is 137 cm³/mol. The first-order valence-corrected chi connectivity index (χ1v) is 13.5. The number of hydrogen-bond donors (Lipinski definition) is 2. The minimum absolute atomic E-state index is 0.0998. The van der Waals surface area contributed by atoms with E-state index in [1.165, 1.54) is 5.69 Å². The minimum atomic E-state index is -0.343. The predicted octanol–water partition coefficient (Wildman–Crippen LogP) is 3.11. The molecule has 2 aliphatic rings. The van der Waals surface area contributed by atoms with Gasteiger partial charge in [0.25, 0.3) is 0 Å². The standard InChI is InChI=1S/C27H47N5O2/c1-7-8-21-17-30-25(31(21)6)16-20-9-10-28-22(15-20)26(33)24(14-19(4)5)32-12-11-29-23(27(32)34)13-18(2)3/h17-20,22-24,28-29H,7-16H2,1-6H3/t20?,22?,23-,24?/m0/s1. The van der Waals surface area contributed by atoms with Gasteiger partial charge in [0.05, 0.1) is 18.1 Å². The highest BCUT2D eigenvalue weighted by Crippen LogP contribution is 2.26. The molecule has 1 aromatic rings. The van der Waals surface area contributed by atoms with Crippen molar-refractivity contribution in [3.63, 3.8) is 0 Å². The highest BCUT2D eigenvalue weighted by atomic mass is 16.2. The van der Waals surface area contributed by atoms with Gasteiger partial charge in [0.15, 0.2) is 5.78 Å². The van der Waals surface area contributed by atoms with Crippen LogP contribution in [0.25, 0.3) is 0 Å². The number of nitrogens with one attached hydrogen (secondary N) is 2. The first-order valence-electron chi connectivity index (χ1n) is 13.5. The Morgan fingerprint density at radius 3 is 2.62 bits per heavy atom. The van der Waals surface area contributed by atoms with Crippen molar-refractivity contribution in [1.29, 1.82) is 0 Å². The number of carbonyl (C=O) groups is 2. The lowest BCUT2D eigenvalue weighted by Crippen LogP contribution is -2.62. The fraction of sp³-hybridized carbons (Fsp3) is 0.815. The molecule has 0 bridgehead atoms. The smallest absolute Gasteiger partial charge is 0.240 e.